The van der Waals surface area contributed by atoms with Gasteiger partial charge in [0, 0.05) is 0 Å². The van der Waals surface area contributed by atoms with Gasteiger partial charge >= 0.3 is 5.97 Å². The summed E-state index contributed by atoms with van der Waals surface area (Å²) < 4.78 is 4.69. The zero-order valence-electron chi connectivity index (χ0n) is 13.2. The number of para-hydroxylation sites is 1. The van der Waals surface area contributed by atoms with Gasteiger partial charge in [-0.3, -0.25) is 10.3 Å². The van der Waals surface area contributed by atoms with Crippen LogP contribution in [0.3, 0.4) is 0 Å². The SMILES string of the molecule is C=C(NOC)C(=C)NOc1ccccc1C(=NOC)C(=O)OC. The van der Waals surface area contributed by atoms with Crippen molar-refractivity contribution in [3.63, 3.8) is 0 Å². The zero-order valence-corrected chi connectivity index (χ0v) is 13.2. The minimum atomic E-state index is -0.660. The maximum Gasteiger partial charge on any atom is 0.360 e. The second kappa shape index (κ2) is 9.11. The van der Waals surface area contributed by atoms with Crippen molar-refractivity contribution >= 4 is 11.7 Å². The molecule has 0 aliphatic rings. The largest absolute Gasteiger partial charge is 0.464 e. The number of hydrogen-bond acceptors (Lipinski definition) is 8. The van der Waals surface area contributed by atoms with Crippen molar-refractivity contribution in [3.8, 4) is 5.75 Å². The molecule has 0 bridgehead atoms. The van der Waals surface area contributed by atoms with Crippen molar-refractivity contribution in [2.45, 2.75) is 0 Å². The van der Waals surface area contributed by atoms with Crippen molar-refractivity contribution in [2.75, 3.05) is 21.3 Å². The van der Waals surface area contributed by atoms with E-state index in [0.29, 0.717) is 22.7 Å². The molecule has 8 nitrogen and oxygen atoms in total. The molecule has 0 amide bonds. The third-order valence-corrected chi connectivity index (χ3v) is 2.58. The van der Waals surface area contributed by atoms with Gasteiger partial charge in [-0.1, -0.05) is 30.4 Å². The number of carbonyl (C=O) groups is 1. The Morgan fingerprint density at radius 2 is 1.74 bits per heavy atom. The van der Waals surface area contributed by atoms with Crippen LogP contribution in [-0.2, 0) is 19.2 Å². The number of ether oxygens (including phenoxy) is 1. The minimum Gasteiger partial charge on any atom is -0.464 e. The molecule has 0 atom stereocenters. The minimum absolute atomic E-state index is 0.0353. The Labute approximate surface area is 134 Å². The van der Waals surface area contributed by atoms with Crippen LogP contribution < -0.4 is 15.8 Å². The molecule has 1 aromatic rings. The standard InChI is InChI=1S/C15H19N3O5/c1-10(16-21-4)11(2)17-23-13-9-7-6-8-12(13)14(18-22-5)15(19)20-3/h6-9,16-17H,1-2H2,3-5H3. The van der Waals surface area contributed by atoms with Crippen LogP contribution in [0, 0.1) is 0 Å². The molecule has 0 radical (unpaired) electrons. The Morgan fingerprint density at radius 3 is 2.35 bits per heavy atom. The number of nitrogens with one attached hydrogen (secondary N) is 2. The summed E-state index contributed by atoms with van der Waals surface area (Å²) in [5.41, 5.74) is 6.17. The van der Waals surface area contributed by atoms with E-state index >= 15 is 0 Å². The summed E-state index contributed by atoms with van der Waals surface area (Å²) in [6, 6.07) is 6.72. The van der Waals surface area contributed by atoms with Gasteiger partial charge in [-0.2, -0.15) is 0 Å². The van der Waals surface area contributed by atoms with Crippen LogP contribution in [0.4, 0.5) is 0 Å². The van der Waals surface area contributed by atoms with E-state index < -0.39 is 5.97 Å². The lowest BCUT2D eigenvalue weighted by Crippen LogP contribution is -2.26. The van der Waals surface area contributed by atoms with Crippen LogP contribution in [0.15, 0.2) is 54.0 Å². The van der Waals surface area contributed by atoms with E-state index in [9.17, 15) is 4.79 Å². The van der Waals surface area contributed by atoms with Crippen LogP contribution in [-0.4, -0.2) is 33.0 Å². The Hall–Kier alpha value is -3.00. The lowest BCUT2D eigenvalue weighted by molar-refractivity contribution is -0.132. The molecule has 0 unspecified atom stereocenters. The first kappa shape index (κ1) is 18.1. The first-order valence-electron chi connectivity index (χ1n) is 6.44. The Balaban J connectivity index is 2.97. The smallest absolute Gasteiger partial charge is 0.360 e. The average molecular weight is 321 g/mol. The topological polar surface area (TPSA) is 90.4 Å². The quantitative estimate of drug-likeness (QED) is 0.306. The van der Waals surface area contributed by atoms with Crippen molar-refractivity contribution in [2.24, 2.45) is 5.16 Å². The van der Waals surface area contributed by atoms with E-state index in [1.54, 1.807) is 24.3 Å². The number of methoxy groups -OCH3 is 1. The number of hydroxylamine groups is 2. The van der Waals surface area contributed by atoms with Gasteiger partial charge in [-0.05, 0) is 12.1 Å². The third-order valence-electron chi connectivity index (χ3n) is 2.58. The lowest BCUT2D eigenvalue weighted by Gasteiger charge is -2.15. The molecular weight excluding hydrogens is 302 g/mol. The summed E-state index contributed by atoms with van der Waals surface area (Å²) in [5.74, 6) is -0.341. The second-order valence-corrected chi connectivity index (χ2v) is 4.08. The molecule has 0 aliphatic carbocycles. The molecule has 0 aliphatic heterocycles. The Kier molecular flexibility index (Phi) is 7.15. The van der Waals surface area contributed by atoms with Crippen molar-refractivity contribution < 1.29 is 24.0 Å². The number of benzene rings is 1. The third kappa shape index (κ3) is 5.04. The van der Waals surface area contributed by atoms with E-state index in [0.717, 1.165) is 0 Å². The summed E-state index contributed by atoms with van der Waals surface area (Å²) in [4.78, 5) is 26.7. The molecule has 23 heavy (non-hydrogen) atoms. The van der Waals surface area contributed by atoms with Crippen LogP contribution >= 0.6 is 0 Å². The first-order valence-corrected chi connectivity index (χ1v) is 6.44. The summed E-state index contributed by atoms with van der Waals surface area (Å²) in [6.45, 7) is 7.41. The Morgan fingerprint density at radius 1 is 1.09 bits per heavy atom. The molecule has 0 aromatic heterocycles. The molecule has 0 spiro atoms. The monoisotopic (exact) mass is 321 g/mol. The predicted octanol–water partition coefficient (Wildman–Crippen LogP) is 1.27. The fourth-order valence-electron chi connectivity index (χ4n) is 1.50. The van der Waals surface area contributed by atoms with Gasteiger partial charge in [-0.15, -0.1) is 0 Å². The predicted molar refractivity (Wildman–Crippen MR) is 84.2 cm³/mol. The van der Waals surface area contributed by atoms with Gasteiger partial charge in [-0.25, -0.2) is 10.3 Å². The van der Waals surface area contributed by atoms with Crippen LogP contribution in [0.25, 0.3) is 0 Å². The molecule has 1 rings (SSSR count). The summed E-state index contributed by atoms with van der Waals surface area (Å²) >= 11 is 0. The highest BCUT2D eigenvalue weighted by Gasteiger charge is 2.20. The fourth-order valence-corrected chi connectivity index (χ4v) is 1.50. The molecule has 0 heterocycles. The van der Waals surface area contributed by atoms with E-state index in [4.69, 9.17) is 9.68 Å². The second-order valence-electron chi connectivity index (χ2n) is 4.08. The van der Waals surface area contributed by atoms with Crippen LogP contribution in [0.2, 0.25) is 0 Å². The van der Waals surface area contributed by atoms with Crippen LogP contribution in [0.5, 0.6) is 5.75 Å². The number of carbonyl (C=O) groups excluding carboxylic acids is 1. The summed E-state index contributed by atoms with van der Waals surface area (Å²) in [5, 5.41) is 3.68. The molecule has 0 fully saturated rings. The number of hydrogen-bond donors (Lipinski definition) is 2. The van der Waals surface area contributed by atoms with E-state index in [-0.39, 0.29) is 5.71 Å². The number of rotatable bonds is 9. The van der Waals surface area contributed by atoms with E-state index in [1.165, 1.54) is 21.3 Å². The number of nitrogens with zero attached hydrogens (tertiary/aromatic N) is 1. The molecule has 2 N–H and O–H groups in total. The molecule has 0 saturated heterocycles. The Bertz CT molecular complexity index is 613. The van der Waals surface area contributed by atoms with Crippen molar-refractivity contribution in [1.82, 2.24) is 11.0 Å². The van der Waals surface area contributed by atoms with Gasteiger partial charge in [0.2, 0.25) is 0 Å². The van der Waals surface area contributed by atoms with Crippen molar-refractivity contribution in [3.05, 3.63) is 54.4 Å². The van der Waals surface area contributed by atoms with Crippen molar-refractivity contribution in [1.29, 1.82) is 0 Å². The maximum atomic E-state index is 11.8. The van der Waals surface area contributed by atoms with Crippen LogP contribution in [0.1, 0.15) is 5.56 Å². The van der Waals surface area contributed by atoms with Gasteiger partial charge < -0.3 is 14.4 Å². The highest BCUT2D eigenvalue weighted by molar-refractivity contribution is 6.43. The highest BCUT2D eigenvalue weighted by atomic mass is 16.7. The normalized spacial score (nSPS) is 10.5. The number of esters is 1. The average Bonchev–Trinajstić information content (AvgIpc) is 2.57. The molecule has 124 valence electrons. The van der Waals surface area contributed by atoms with Gasteiger partial charge in [0.15, 0.2) is 11.5 Å². The molecule has 1 aromatic carbocycles. The highest BCUT2D eigenvalue weighted by Crippen LogP contribution is 2.19. The van der Waals surface area contributed by atoms with Gasteiger partial charge in [0.1, 0.15) is 7.11 Å². The van der Waals surface area contributed by atoms with E-state index in [1.807, 2.05) is 0 Å². The lowest BCUT2D eigenvalue weighted by atomic mass is 10.1. The molecule has 8 heteroatoms. The maximum absolute atomic E-state index is 11.8. The van der Waals surface area contributed by atoms with Gasteiger partial charge in [0.05, 0.1) is 31.2 Å². The summed E-state index contributed by atoms with van der Waals surface area (Å²) in [7, 11) is 4.02. The molecular formula is C15H19N3O5. The fraction of sp³-hybridized carbons (Fsp3) is 0.200. The molecule has 0 saturated carbocycles. The van der Waals surface area contributed by atoms with Gasteiger partial charge in [0.25, 0.3) is 0 Å². The zero-order chi connectivity index (χ0) is 17.2. The first-order chi connectivity index (χ1) is 11.0. The number of oxime groups is 1. The summed E-state index contributed by atoms with van der Waals surface area (Å²) in [6.07, 6.45) is 0. The van der Waals surface area contributed by atoms with E-state index in [2.05, 4.69) is 38.8 Å².